The third-order valence-corrected chi connectivity index (χ3v) is 9.07. The molecular formula is C30H42N8O4. The predicted molar refractivity (Wildman–Crippen MR) is 158 cm³/mol. The highest BCUT2D eigenvalue weighted by molar-refractivity contribution is 5.81. The molecule has 4 heterocycles. The number of nitrogens with zero attached hydrogens (tertiary/aromatic N) is 7. The van der Waals surface area contributed by atoms with Crippen molar-refractivity contribution in [3.8, 4) is 0 Å². The molecule has 0 spiro atoms. The van der Waals surface area contributed by atoms with E-state index in [9.17, 15) is 15.4 Å². The van der Waals surface area contributed by atoms with Crippen LogP contribution in [0.2, 0.25) is 0 Å². The molecule has 1 saturated heterocycles. The van der Waals surface area contributed by atoms with Crippen LogP contribution in [0.3, 0.4) is 0 Å². The summed E-state index contributed by atoms with van der Waals surface area (Å²) < 4.78 is 9.07. The first kappa shape index (κ1) is 28.8. The Morgan fingerprint density at radius 3 is 2.60 bits per heavy atom. The number of anilines is 1. The number of fused-ring (bicyclic) bond motifs is 2. The highest BCUT2D eigenvalue weighted by atomic mass is 16.6. The summed E-state index contributed by atoms with van der Waals surface area (Å²) in [5.41, 5.74) is 9.59. The lowest BCUT2D eigenvalue weighted by Gasteiger charge is -2.46. The first-order valence-electron chi connectivity index (χ1n) is 14.8. The number of ether oxygens (including phenoxy) is 1. The van der Waals surface area contributed by atoms with Gasteiger partial charge < -0.3 is 25.9 Å². The van der Waals surface area contributed by atoms with Gasteiger partial charge in [-0.05, 0) is 62.1 Å². The van der Waals surface area contributed by atoms with E-state index in [1.54, 1.807) is 4.57 Å². The average molecular weight is 579 g/mol. The zero-order valence-electron chi connectivity index (χ0n) is 24.9. The quantitative estimate of drug-likeness (QED) is 0.229. The van der Waals surface area contributed by atoms with Crippen molar-refractivity contribution in [2.24, 2.45) is 5.92 Å². The van der Waals surface area contributed by atoms with E-state index in [1.807, 2.05) is 6.07 Å². The molecule has 6 rings (SSSR count). The molecule has 4 aromatic rings. The first-order valence-corrected chi connectivity index (χ1v) is 14.8. The molecule has 12 nitrogen and oxygen atoms in total. The number of hydrogen-bond donors (Lipinski definition) is 4. The topological polar surface area (TPSA) is 161 Å². The minimum atomic E-state index is -1.14. The number of nitrogens with two attached hydrogens (primary N) is 1. The van der Waals surface area contributed by atoms with Gasteiger partial charge in [0.2, 0.25) is 0 Å². The van der Waals surface area contributed by atoms with Crippen molar-refractivity contribution in [3.63, 3.8) is 0 Å². The number of nitrogen functional groups attached to an aromatic ring is 1. The highest BCUT2D eigenvalue weighted by Gasteiger charge is 2.46. The van der Waals surface area contributed by atoms with Crippen LogP contribution in [0.4, 0.5) is 5.82 Å². The fraction of sp³-hybridized carbons (Fsp3) is 0.600. The fourth-order valence-electron chi connectivity index (χ4n) is 6.44. The molecule has 42 heavy (non-hydrogen) atoms. The van der Waals surface area contributed by atoms with Crippen molar-refractivity contribution < 1.29 is 20.2 Å². The van der Waals surface area contributed by atoms with Crippen LogP contribution in [0.1, 0.15) is 71.5 Å². The summed E-state index contributed by atoms with van der Waals surface area (Å²) in [5, 5.41) is 32.6. The summed E-state index contributed by atoms with van der Waals surface area (Å²) in [6.45, 7) is 11.3. The predicted octanol–water partition coefficient (Wildman–Crippen LogP) is 3.03. The Bertz CT molecular complexity index is 1570. The molecule has 0 radical (unpaired) electrons. The van der Waals surface area contributed by atoms with Crippen molar-refractivity contribution in [1.82, 2.24) is 34.1 Å². The van der Waals surface area contributed by atoms with Gasteiger partial charge in [-0.25, -0.2) is 19.9 Å². The van der Waals surface area contributed by atoms with Crippen molar-refractivity contribution in [1.29, 1.82) is 0 Å². The Kier molecular flexibility index (Phi) is 7.37. The number of aliphatic hydroxyl groups is 2. The second kappa shape index (κ2) is 10.7. The van der Waals surface area contributed by atoms with Crippen LogP contribution in [-0.4, -0.2) is 86.5 Å². The maximum Gasteiger partial charge on any atom is 0.167 e. The molecule has 5 N–H and O–H groups in total. The summed E-state index contributed by atoms with van der Waals surface area (Å²) in [4.78, 5) is 19.6. The van der Waals surface area contributed by atoms with Gasteiger partial charge in [0.25, 0.3) is 0 Å². The molecule has 1 saturated carbocycles. The van der Waals surface area contributed by atoms with Gasteiger partial charge in [-0.15, -0.1) is 0 Å². The second-order valence-electron chi connectivity index (χ2n) is 13.2. The smallest absolute Gasteiger partial charge is 0.167 e. The van der Waals surface area contributed by atoms with Gasteiger partial charge in [-0.2, -0.15) is 4.73 Å². The fourth-order valence-corrected chi connectivity index (χ4v) is 6.44. The maximum absolute atomic E-state index is 10.9. The van der Waals surface area contributed by atoms with Crippen LogP contribution >= 0.6 is 0 Å². The number of aromatic nitrogens is 6. The molecule has 1 aliphatic heterocycles. The zero-order valence-corrected chi connectivity index (χ0v) is 24.9. The van der Waals surface area contributed by atoms with Crippen LogP contribution in [0.15, 0.2) is 30.9 Å². The van der Waals surface area contributed by atoms with Crippen molar-refractivity contribution >= 4 is 28.0 Å². The third kappa shape index (κ3) is 5.10. The van der Waals surface area contributed by atoms with Gasteiger partial charge in [-0.1, -0.05) is 26.8 Å². The lowest BCUT2D eigenvalue weighted by Crippen LogP contribution is -2.52. The molecule has 0 amide bonds. The highest BCUT2D eigenvalue weighted by Crippen LogP contribution is 2.38. The van der Waals surface area contributed by atoms with Crippen molar-refractivity contribution in [3.05, 3.63) is 42.2 Å². The van der Waals surface area contributed by atoms with Crippen LogP contribution in [0.5, 0.6) is 0 Å². The molecule has 4 unspecified atom stereocenters. The van der Waals surface area contributed by atoms with Gasteiger partial charge in [0.05, 0.1) is 11.8 Å². The summed E-state index contributed by atoms with van der Waals surface area (Å²) >= 11 is 0. The lowest BCUT2D eigenvalue weighted by molar-refractivity contribution is -0.0620. The first-order chi connectivity index (χ1) is 19.9. The molecule has 1 aliphatic carbocycles. The number of aliphatic hydroxyl groups excluding tert-OH is 2. The van der Waals surface area contributed by atoms with Gasteiger partial charge in [-0.3, -0.25) is 9.47 Å². The number of aryl methyl sites for hydroxylation is 1. The number of benzene rings is 1. The minimum Gasteiger partial charge on any atom is -0.427 e. The van der Waals surface area contributed by atoms with Crippen LogP contribution in [0.25, 0.3) is 22.2 Å². The zero-order chi connectivity index (χ0) is 29.9. The molecule has 2 fully saturated rings. The summed E-state index contributed by atoms with van der Waals surface area (Å²) in [7, 11) is 0. The van der Waals surface area contributed by atoms with Crippen LogP contribution in [-0.2, 0) is 16.6 Å². The molecule has 3 aromatic heterocycles. The molecular weight excluding hydrogens is 536 g/mol. The molecule has 0 bridgehead atoms. The minimum absolute atomic E-state index is 0.0206. The van der Waals surface area contributed by atoms with E-state index in [2.05, 4.69) is 66.6 Å². The Hall–Kier alpha value is -3.32. The Morgan fingerprint density at radius 1 is 1.12 bits per heavy atom. The molecule has 226 valence electrons. The standard InChI is InChI=1S/C30H42N8O4/c1-16(2)36(13-22-25(39)26(40)29(42-22)37-15-34-24-27(31)32-14-33-28(24)37)19-10-17(11-19)6-9-23-35-20-12-18(30(3,4)5)7-8-21(20)38(23)41/h7-8,12,14-17,19,22,25-26,29,39-41H,6,9-11,13H2,1-5H3,(H2,31,32,33). The van der Waals surface area contributed by atoms with Crippen molar-refractivity contribution in [2.45, 2.75) is 102 Å². The van der Waals surface area contributed by atoms with E-state index < -0.39 is 24.5 Å². The van der Waals surface area contributed by atoms with E-state index in [4.69, 9.17) is 15.5 Å². The summed E-state index contributed by atoms with van der Waals surface area (Å²) in [5.74, 6) is 1.47. The molecule has 12 heteroatoms. The second-order valence-corrected chi connectivity index (χ2v) is 13.2. The largest absolute Gasteiger partial charge is 0.427 e. The van der Waals surface area contributed by atoms with Gasteiger partial charge in [0, 0.05) is 25.0 Å². The summed E-state index contributed by atoms with van der Waals surface area (Å²) in [6, 6.07) is 6.68. The molecule has 1 aromatic carbocycles. The van der Waals surface area contributed by atoms with Crippen LogP contribution in [0, 0.1) is 5.92 Å². The van der Waals surface area contributed by atoms with Crippen molar-refractivity contribution in [2.75, 3.05) is 12.3 Å². The van der Waals surface area contributed by atoms with Gasteiger partial charge in [0.1, 0.15) is 41.5 Å². The van der Waals surface area contributed by atoms with Gasteiger partial charge >= 0.3 is 0 Å². The van der Waals surface area contributed by atoms with E-state index in [-0.39, 0.29) is 17.3 Å². The summed E-state index contributed by atoms with van der Waals surface area (Å²) in [6.07, 6.45) is 2.96. The SMILES string of the molecule is CC(C)N(CC1OC(n2cnc3c(N)ncnc32)C(O)C1O)C1CC(CCc2nc3cc(C(C)(C)C)ccc3n2O)C1. The maximum atomic E-state index is 10.9. The lowest BCUT2D eigenvalue weighted by atomic mass is 9.76. The third-order valence-electron chi connectivity index (χ3n) is 9.07. The van der Waals surface area contributed by atoms with E-state index >= 15 is 0 Å². The average Bonchev–Trinajstić information content (AvgIpc) is 3.56. The molecule has 2 aliphatic rings. The Labute approximate surface area is 245 Å². The monoisotopic (exact) mass is 578 g/mol. The van der Waals surface area contributed by atoms with E-state index in [0.29, 0.717) is 41.9 Å². The number of imidazole rings is 2. The number of rotatable bonds is 8. The molecule has 4 atom stereocenters. The normalized spacial score (nSPS) is 26.6. The Balaban J connectivity index is 1.07. The van der Waals surface area contributed by atoms with Crippen LogP contribution < -0.4 is 5.73 Å². The van der Waals surface area contributed by atoms with E-state index in [0.717, 1.165) is 30.3 Å². The Morgan fingerprint density at radius 2 is 1.88 bits per heavy atom. The van der Waals surface area contributed by atoms with Gasteiger partial charge in [0.15, 0.2) is 17.7 Å². The van der Waals surface area contributed by atoms with E-state index in [1.165, 1.54) is 22.9 Å². The number of hydrogen-bond acceptors (Lipinski definition) is 10.